The molecule has 0 aliphatic carbocycles. The minimum atomic E-state index is -0.579. The Balaban J connectivity index is 2.25. The Kier molecular flexibility index (Phi) is 3.13. The zero-order chi connectivity index (χ0) is 12.3. The van der Waals surface area contributed by atoms with E-state index in [9.17, 15) is 4.79 Å². The highest BCUT2D eigenvalue weighted by atomic mass is 16.5. The summed E-state index contributed by atoms with van der Waals surface area (Å²) in [6.07, 6.45) is 0. The average molecular weight is 232 g/mol. The van der Waals surface area contributed by atoms with Crippen LogP contribution in [0.2, 0.25) is 0 Å². The average Bonchev–Trinajstić information content (AvgIpc) is 2.87. The highest BCUT2D eigenvalue weighted by Crippen LogP contribution is 2.13. The van der Waals surface area contributed by atoms with E-state index in [0.717, 1.165) is 5.56 Å². The molecule has 0 radical (unpaired) electrons. The van der Waals surface area contributed by atoms with Crippen LogP contribution in [-0.4, -0.2) is 33.3 Å². The quantitative estimate of drug-likeness (QED) is 0.740. The molecule has 1 heterocycles. The lowest BCUT2D eigenvalue weighted by atomic mass is 10.2. The lowest BCUT2D eigenvalue weighted by molar-refractivity contribution is -0.144. The molecule has 88 valence electrons. The fourth-order valence-corrected chi connectivity index (χ4v) is 1.36. The summed E-state index contributed by atoms with van der Waals surface area (Å²) < 4.78 is 4.61. The van der Waals surface area contributed by atoms with Gasteiger partial charge in [0, 0.05) is 5.56 Å². The molecule has 0 saturated heterocycles. The number of carbonyl (C=O) groups excluding carboxylic acids is 1. The van der Waals surface area contributed by atoms with Gasteiger partial charge in [0.15, 0.2) is 6.04 Å². The first-order valence-corrected chi connectivity index (χ1v) is 5.15. The molecule has 0 saturated carbocycles. The first-order valence-electron chi connectivity index (χ1n) is 5.15. The van der Waals surface area contributed by atoms with Crippen molar-refractivity contribution in [1.29, 1.82) is 0 Å². The molecule has 17 heavy (non-hydrogen) atoms. The molecule has 6 nitrogen and oxygen atoms in total. The van der Waals surface area contributed by atoms with Gasteiger partial charge < -0.3 is 4.74 Å². The Morgan fingerprint density at radius 3 is 2.71 bits per heavy atom. The van der Waals surface area contributed by atoms with E-state index in [4.69, 9.17) is 0 Å². The summed E-state index contributed by atoms with van der Waals surface area (Å²) in [6.45, 7) is 1.66. The van der Waals surface area contributed by atoms with Gasteiger partial charge in [0.25, 0.3) is 0 Å². The van der Waals surface area contributed by atoms with Crippen molar-refractivity contribution in [2.24, 2.45) is 0 Å². The molecule has 1 unspecified atom stereocenters. The van der Waals surface area contributed by atoms with Gasteiger partial charge in [-0.15, -0.1) is 15.0 Å². The van der Waals surface area contributed by atoms with E-state index < -0.39 is 12.0 Å². The number of esters is 1. The minimum absolute atomic E-state index is 0.401. The molecule has 1 atom stereocenters. The number of nitrogens with zero attached hydrogens (tertiary/aromatic N) is 4. The molecular weight excluding hydrogens is 220 g/mol. The molecule has 0 amide bonds. The summed E-state index contributed by atoms with van der Waals surface area (Å²) in [7, 11) is 1.33. The Hall–Kier alpha value is -2.24. The van der Waals surface area contributed by atoms with Crippen LogP contribution in [0.3, 0.4) is 0 Å². The van der Waals surface area contributed by atoms with Crippen molar-refractivity contribution in [1.82, 2.24) is 20.2 Å². The molecule has 0 N–H and O–H groups in total. The molecule has 0 aliphatic rings. The van der Waals surface area contributed by atoms with E-state index in [0.29, 0.717) is 5.82 Å². The van der Waals surface area contributed by atoms with Crippen LogP contribution in [0, 0.1) is 0 Å². The summed E-state index contributed by atoms with van der Waals surface area (Å²) in [5.41, 5.74) is 0.857. The molecule has 0 spiro atoms. The highest BCUT2D eigenvalue weighted by molar-refractivity contribution is 5.73. The van der Waals surface area contributed by atoms with Crippen molar-refractivity contribution >= 4 is 5.97 Å². The number of rotatable bonds is 3. The Morgan fingerprint density at radius 2 is 2.06 bits per heavy atom. The summed E-state index contributed by atoms with van der Waals surface area (Å²) in [5, 5.41) is 11.9. The maximum absolute atomic E-state index is 11.3. The Morgan fingerprint density at radius 1 is 1.35 bits per heavy atom. The SMILES string of the molecule is COC(=O)C(C)n1nnc(-c2ccccc2)n1. The van der Waals surface area contributed by atoms with Gasteiger partial charge in [0.1, 0.15) is 0 Å². The van der Waals surface area contributed by atoms with Crippen LogP contribution in [0.1, 0.15) is 13.0 Å². The van der Waals surface area contributed by atoms with Gasteiger partial charge >= 0.3 is 5.97 Å². The van der Waals surface area contributed by atoms with Crippen molar-refractivity contribution in [2.45, 2.75) is 13.0 Å². The molecule has 1 aromatic heterocycles. The number of benzene rings is 1. The number of aromatic nitrogens is 4. The fraction of sp³-hybridized carbons (Fsp3) is 0.273. The molecule has 2 aromatic rings. The first-order chi connectivity index (χ1) is 8.22. The van der Waals surface area contributed by atoms with Crippen molar-refractivity contribution in [3.8, 4) is 11.4 Å². The standard InChI is InChI=1S/C11H12N4O2/c1-8(11(16)17-2)15-13-10(12-14-15)9-6-4-3-5-7-9/h3-8H,1-2H3. The Bertz CT molecular complexity index is 509. The maximum atomic E-state index is 11.3. The fourth-order valence-electron chi connectivity index (χ4n) is 1.36. The van der Waals surface area contributed by atoms with Crippen LogP contribution in [0.4, 0.5) is 0 Å². The first kappa shape index (κ1) is 11.3. The van der Waals surface area contributed by atoms with Crippen molar-refractivity contribution < 1.29 is 9.53 Å². The number of hydrogen-bond donors (Lipinski definition) is 0. The zero-order valence-corrected chi connectivity index (χ0v) is 9.57. The van der Waals surface area contributed by atoms with E-state index in [-0.39, 0.29) is 0 Å². The predicted octanol–water partition coefficient (Wildman–Crippen LogP) is 1.07. The minimum Gasteiger partial charge on any atom is -0.467 e. The van der Waals surface area contributed by atoms with E-state index in [1.807, 2.05) is 30.3 Å². The number of tetrazole rings is 1. The van der Waals surface area contributed by atoms with Gasteiger partial charge in [-0.2, -0.15) is 0 Å². The predicted molar refractivity (Wildman–Crippen MR) is 60.0 cm³/mol. The van der Waals surface area contributed by atoms with Gasteiger partial charge in [-0.1, -0.05) is 30.3 Å². The summed E-state index contributed by atoms with van der Waals surface area (Å²) in [6, 6.07) is 8.86. The van der Waals surface area contributed by atoms with Crippen LogP contribution in [0.25, 0.3) is 11.4 Å². The number of ether oxygens (including phenoxy) is 1. The molecule has 0 bridgehead atoms. The zero-order valence-electron chi connectivity index (χ0n) is 9.57. The highest BCUT2D eigenvalue weighted by Gasteiger charge is 2.18. The third-order valence-electron chi connectivity index (χ3n) is 2.35. The molecule has 0 fully saturated rings. The second-order valence-electron chi connectivity index (χ2n) is 3.50. The molecule has 0 aliphatic heterocycles. The van der Waals surface area contributed by atoms with E-state index in [1.54, 1.807) is 6.92 Å². The molecule has 2 rings (SSSR count). The second kappa shape index (κ2) is 4.73. The molecule has 1 aromatic carbocycles. The third-order valence-corrected chi connectivity index (χ3v) is 2.35. The lowest BCUT2D eigenvalue weighted by Crippen LogP contribution is -2.20. The molecule has 6 heteroatoms. The van der Waals surface area contributed by atoms with Gasteiger partial charge in [0.05, 0.1) is 7.11 Å². The summed E-state index contributed by atoms with van der Waals surface area (Å²) >= 11 is 0. The van der Waals surface area contributed by atoms with Gasteiger partial charge in [-0.25, -0.2) is 4.79 Å². The van der Waals surface area contributed by atoms with Crippen LogP contribution in [0.5, 0.6) is 0 Å². The van der Waals surface area contributed by atoms with E-state index in [1.165, 1.54) is 11.9 Å². The second-order valence-corrected chi connectivity index (χ2v) is 3.50. The third kappa shape index (κ3) is 2.30. The van der Waals surface area contributed by atoms with Crippen LogP contribution < -0.4 is 0 Å². The van der Waals surface area contributed by atoms with Crippen molar-refractivity contribution in [3.05, 3.63) is 30.3 Å². The summed E-state index contributed by atoms with van der Waals surface area (Å²) in [5.74, 6) is 0.0864. The van der Waals surface area contributed by atoms with Crippen LogP contribution in [-0.2, 0) is 9.53 Å². The van der Waals surface area contributed by atoms with Crippen LogP contribution >= 0.6 is 0 Å². The maximum Gasteiger partial charge on any atom is 0.332 e. The molecular formula is C11H12N4O2. The Labute approximate surface area is 98.2 Å². The van der Waals surface area contributed by atoms with Gasteiger partial charge in [-0.05, 0) is 12.1 Å². The van der Waals surface area contributed by atoms with E-state index in [2.05, 4.69) is 20.1 Å². The van der Waals surface area contributed by atoms with Crippen LogP contribution in [0.15, 0.2) is 30.3 Å². The van der Waals surface area contributed by atoms with E-state index >= 15 is 0 Å². The number of carbonyl (C=O) groups is 1. The number of hydrogen-bond acceptors (Lipinski definition) is 5. The topological polar surface area (TPSA) is 69.9 Å². The van der Waals surface area contributed by atoms with Crippen molar-refractivity contribution in [3.63, 3.8) is 0 Å². The largest absolute Gasteiger partial charge is 0.467 e. The monoisotopic (exact) mass is 232 g/mol. The normalized spacial score (nSPS) is 12.1. The van der Waals surface area contributed by atoms with Gasteiger partial charge in [0.2, 0.25) is 5.82 Å². The van der Waals surface area contributed by atoms with Crippen molar-refractivity contribution in [2.75, 3.05) is 7.11 Å². The smallest absolute Gasteiger partial charge is 0.332 e. The summed E-state index contributed by atoms with van der Waals surface area (Å²) in [4.78, 5) is 12.6. The number of methoxy groups -OCH3 is 1. The lowest BCUT2D eigenvalue weighted by Gasteiger charge is -2.05. The van der Waals surface area contributed by atoms with Gasteiger partial charge in [-0.3, -0.25) is 0 Å².